The normalized spacial score (nSPS) is 11.7. The molecule has 0 aromatic heterocycles. The summed E-state index contributed by atoms with van der Waals surface area (Å²) in [4.78, 5) is 0. The Morgan fingerprint density at radius 3 is 2.33 bits per heavy atom. The van der Waals surface area contributed by atoms with E-state index in [1.165, 1.54) is 28.4 Å². The van der Waals surface area contributed by atoms with E-state index in [0.717, 1.165) is 0 Å². The van der Waals surface area contributed by atoms with E-state index in [0.29, 0.717) is 0 Å². The molecule has 0 unspecified atom stereocenters. The second kappa shape index (κ2) is 6.42. The molecule has 0 aliphatic carbocycles. The first-order chi connectivity index (χ1) is 5.45. The summed E-state index contributed by atoms with van der Waals surface area (Å²) >= 11 is 5.23. The Bertz CT molecular complexity index is 140. The van der Waals surface area contributed by atoms with Gasteiger partial charge >= 0.3 is 90.4 Å². The summed E-state index contributed by atoms with van der Waals surface area (Å²) in [6, 6.07) is 1.33. The maximum atomic E-state index is 3.21. The fourth-order valence-electron chi connectivity index (χ4n) is 0.814. The van der Waals surface area contributed by atoms with Crippen molar-refractivity contribution in [2.45, 2.75) is 45.5 Å². The molecule has 72 valence electrons. The molecule has 0 spiro atoms. The van der Waals surface area contributed by atoms with Gasteiger partial charge in [-0.05, 0) is 0 Å². The zero-order valence-electron chi connectivity index (χ0n) is 8.64. The zero-order chi connectivity index (χ0) is 9.61. The number of hydrogen-bond donors (Lipinski definition) is 0. The van der Waals surface area contributed by atoms with Crippen LogP contribution in [-0.2, 0) is 0 Å². The standard InChI is InChI=1S/C9H20SSeSi/c1-5-6-7-10-9(11)8-12(2,3)4/h5-8H2,1-4H3. The molecule has 0 saturated carbocycles. The molecule has 0 fully saturated rings. The van der Waals surface area contributed by atoms with Gasteiger partial charge in [-0.15, -0.1) is 0 Å². The molecule has 0 heterocycles. The summed E-state index contributed by atoms with van der Waals surface area (Å²) in [6.45, 7) is 9.51. The molecule has 0 aromatic carbocycles. The Balaban J connectivity index is 3.47. The molecule has 0 saturated heterocycles. The molecular formula is C9H20SSeSi. The van der Waals surface area contributed by atoms with Crippen LogP contribution in [0.25, 0.3) is 0 Å². The van der Waals surface area contributed by atoms with Crippen molar-refractivity contribution < 1.29 is 0 Å². The number of rotatable bonds is 6. The van der Waals surface area contributed by atoms with Crippen molar-refractivity contribution in [3.8, 4) is 0 Å². The van der Waals surface area contributed by atoms with E-state index in [1.807, 2.05) is 11.8 Å². The van der Waals surface area contributed by atoms with Crippen LogP contribution < -0.4 is 0 Å². The molecule has 0 aliphatic heterocycles. The summed E-state index contributed by atoms with van der Waals surface area (Å²) in [5.41, 5.74) is 0. The predicted molar refractivity (Wildman–Crippen MR) is 66.3 cm³/mol. The Kier molecular flexibility index (Phi) is 6.93. The third kappa shape index (κ3) is 9.05. The third-order valence-electron chi connectivity index (χ3n) is 1.44. The molecule has 12 heavy (non-hydrogen) atoms. The van der Waals surface area contributed by atoms with Crippen LogP contribution in [0.4, 0.5) is 0 Å². The van der Waals surface area contributed by atoms with Gasteiger partial charge in [0.2, 0.25) is 0 Å². The summed E-state index contributed by atoms with van der Waals surface area (Å²) in [5, 5.41) is 0. The first kappa shape index (κ1) is 13.0. The van der Waals surface area contributed by atoms with Crippen LogP contribution in [0.5, 0.6) is 0 Å². The van der Waals surface area contributed by atoms with E-state index in [2.05, 4.69) is 42.1 Å². The van der Waals surface area contributed by atoms with Gasteiger partial charge in [-0.1, -0.05) is 0 Å². The van der Waals surface area contributed by atoms with Crippen molar-refractivity contribution in [3.63, 3.8) is 0 Å². The van der Waals surface area contributed by atoms with Crippen LogP contribution in [0, 0.1) is 0 Å². The van der Waals surface area contributed by atoms with Crippen LogP contribution >= 0.6 is 11.8 Å². The van der Waals surface area contributed by atoms with Crippen molar-refractivity contribution >= 4 is 39.2 Å². The molecule has 0 N–H and O–H groups in total. The van der Waals surface area contributed by atoms with Crippen molar-refractivity contribution in [1.82, 2.24) is 0 Å². The minimum atomic E-state index is -0.870. The summed E-state index contributed by atoms with van der Waals surface area (Å²) in [5.74, 6) is 1.29. The van der Waals surface area contributed by atoms with Gasteiger partial charge in [0.1, 0.15) is 0 Å². The van der Waals surface area contributed by atoms with Crippen LogP contribution in [-0.4, -0.2) is 33.2 Å². The Morgan fingerprint density at radius 2 is 1.92 bits per heavy atom. The molecule has 0 radical (unpaired) electrons. The van der Waals surface area contributed by atoms with Crippen molar-refractivity contribution in [2.75, 3.05) is 5.75 Å². The van der Waals surface area contributed by atoms with Gasteiger partial charge in [-0.25, -0.2) is 0 Å². The molecule has 0 nitrogen and oxygen atoms in total. The molecule has 0 aliphatic rings. The molecule has 0 aromatic rings. The fraction of sp³-hybridized carbons (Fsp3) is 0.889. The number of unbranched alkanes of at least 4 members (excludes halogenated alkanes) is 1. The van der Waals surface area contributed by atoms with E-state index in [4.69, 9.17) is 0 Å². The quantitative estimate of drug-likeness (QED) is 0.526. The molecule has 0 rings (SSSR count). The van der Waals surface area contributed by atoms with Gasteiger partial charge in [0, 0.05) is 0 Å². The van der Waals surface area contributed by atoms with Crippen LogP contribution in [0.1, 0.15) is 19.8 Å². The minimum absolute atomic E-state index is 0.870. The van der Waals surface area contributed by atoms with Crippen LogP contribution in [0.2, 0.25) is 25.7 Å². The molecule has 0 bridgehead atoms. The first-order valence-electron chi connectivity index (χ1n) is 4.61. The van der Waals surface area contributed by atoms with E-state index >= 15 is 0 Å². The van der Waals surface area contributed by atoms with Gasteiger partial charge in [-0.3, -0.25) is 0 Å². The third-order valence-corrected chi connectivity index (χ3v) is 5.68. The first-order valence-corrected chi connectivity index (χ1v) is 10.2. The average molecular weight is 267 g/mol. The Hall–Kier alpha value is 0.956. The molecule has 3 heteroatoms. The Labute approximate surface area is 90.3 Å². The summed E-state index contributed by atoms with van der Waals surface area (Å²) < 4.78 is 1.53. The summed E-state index contributed by atoms with van der Waals surface area (Å²) in [6.07, 6.45) is 2.66. The Morgan fingerprint density at radius 1 is 1.33 bits per heavy atom. The number of thioether (sulfide) groups is 1. The van der Waals surface area contributed by atoms with Gasteiger partial charge in [0.25, 0.3) is 0 Å². The SMILES string of the molecule is CCCCSC(=[Se])C[Si](C)(C)C. The monoisotopic (exact) mass is 268 g/mol. The average Bonchev–Trinajstić information content (AvgIpc) is 1.84. The number of hydrogen-bond acceptors (Lipinski definition) is 1. The molecule has 0 amide bonds. The topological polar surface area (TPSA) is 0 Å². The van der Waals surface area contributed by atoms with Gasteiger partial charge < -0.3 is 0 Å². The summed E-state index contributed by atoms with van der Waals surface area (Å²) in [7, 11) is -0.870. The second-order valence-corrected chi connectivity index (χ2v) is 12.6. The van der Waals surface area contributed by atoms with E-state index < -0.39 is 8.07 Å². The van der Waals surface area contributed by atoms with Crippen LogP contribution in [0.15, 0.2) is 0 Å². The van der Waals surface area contributed by atoms with Crippen molar-refractivity contribution in [1.29, 1.82) is 0 Å². The van der Waals surface area contributed by atoms with Crippen molar-refractivity contribution in [3.05, 3.63) is 0 Å². The molecular weight excluding hydrogens is 247 g/mol. The van der Waals surface area contributed by atoms with Gasteiger partial charge in [0.05, 0.1) is 0 Å². The van der Waals surface area contributed by atoms with Gasteiger partial charge in [-0.2, -0.15) is 0 Å². The second-order valence-electron chi connectivity index (χ2n) is 4.31. The van der Waals surface area contributed by atoms with E-state index in [-0.39, 0.29) is 0 Å². The van der Waals surface area contributed by atoms with Crippen molar-refractivity contribution in [2.24, 2.45) is 0 Å². The maximum absolute atomic E-state index is 3.21. The fourth-order valence-corrected chi connectivity index (χ4v) is 7.30. The van der Waals surface area contributed by atoms with E-state index in [9.17, 15) is 0 Å². The van der Waals surface area contributed by atoms with Gasteiger partial charge in [0.15, 0.2) is 0 Å². The van der Waals surface area contributed by atoms with E-state index in [1.54, 1.807) is 0 Å². The predicted octanol–water partition coefficient (Wildman–Crippen LogP) is 3.16. The van der Waals surface area contributed by atoms with Crippen LogP contribution in [0.3, 0.4) is 0 Å². The zero-order valence-corrected chi connectivity index (χ0v) is 12.2. The molecule has 0 atom stereocenters.